The largest absolute Gasteiger partial charge is 0.338 e. The molecule has 2 heterocycles. The van der Waals surface area contributed by atoms with E-state index in [0.29, 0.717) is 48.8 Å². The lowest BCUT2D eigenvalue weighted by molar-refractivity contribution is -0.133. The van der Waals surface area contributed by atoms with Gasteiger partial charge in [0.05, 0.1) is 17.8 Å². The third-order valence-electron chi connectivity index (χ3n) is 5.02. The molecule has 3 rings (SSSR count). The number of nitrogens with zero attached hydrogens (tertiary/aromatic N) is 2. The van der Waals surface area contributed by atoms with Crippen molar-refractivity contribution in [3.05, 3.63) is 51.7 Å². The van der Waals surface area contributed by atoms with Gasteiger partial charge >= 0.3 is 0 Å². The predicted octanol–water partition coefficient (Wildman–Crippen LogP) is 3.92. The van der Waals surface area contributed by atoms with Crippen LogP contribution in [0.4, 0.5) is 4.39 Å². The van der Waals surface area contributed by atoms with Gasteiger partial charge in [0.1, 0.15) is 11.6 Å². The molecule has 1 aromatic heterocycles. The number of amides is 1. The summed E-state index contributed by atoms with van der Waals surface area (Å²) >= 11 is 0. The first-order valence-corrected chi connectivity index (χ1v) is 9.78. The average molecular weight is 385 g/mol. The summed E-state index contributed by atoms with van der Waals surface area (Å²) in [5.41, 5.74) is 1.88. The summed E-state index contributed by atoms with van der Waals surface area (Å²) in [6.07, 6.45) is 2.02. The Hall–Kier alpha value is -2.50. The lowest BCUT2D eigenvalue weighted by Crippen LogP contribution is -2.40. The van der Waals surface area contributed by atoms with E-state index >= 15 is 0 Å². The molecule has 1 aromatic carbocycles. The number of carbonyl (C=O) groups is 1. The van der Waals surface area contributed by atoms with Crippen molar-refractivity contribution in [3.8, 4) is 11.4 Å². The fraction of sp³-hybridized carbons (Fsp3) is 0.500. The van der Waals surface area contributed by atoms with Crippen LogP contribution < -0.4 is 5.56 Å². The summed E-state index contributed by atoms with van der Waals surface area (Å²) < 4.78 is 13.1. The Morgan fingerprint density at radius 1 is 1.29 bits per heavy atom. The zero-order chi connectivity index (χ0) is 20.5. The highest BCUT2D eigenvalue weighted by molar-refractivity contribution is 5.76. The van der Waals surface area contributed by atoms with Gasteiger partial charge in [0.25, 0.3) is 5.56 Å². The average Bonchev–Trinajstić information content (AvgIpc) is 2.60. The van der Waals surface area contributed by atoms with Crippen LogP contribution in [0.15, 0.2) is 29.1 Å². The van der Waals surface area contributed by atoms with Gasteiger partial charge in [-0.25, -0.2) is 9.37 Å². The lowest BCUT2D eigenvalue weighted by atomic mass is 9.84. The van der Waals surface area contributed by atoms with Gasteiger partial charge in [-0.3, -0.25) is 9.59 Å². The number of aromatic nitrogens is 2. The maximum atomic E-state index is 13.1. The van der Waals surface area contributed by atoms with Crippen LogP contribution in [-0.4, -0.2) is 27.3 Å². The first-order valence-electron chi connectivity index (χ1n) is 9.78. The molecule has 150 valence electrons. The molecule has 0 saturated carbocycles. The lowest BCUT2D eigenvalue weighted by Gasteiger charge is -2.30. The SMILES string of the molecule is CC(CC(=O)N1CCc2nc(-c3ccc(F)cc3)[nH]c(=O)c2C1)CC(C)(C)C. The number of hydrogen-bond acceptors (Lipinski definition) is 3. The molecule has 1 aliphatic rings. The van der Waals surface area contributed by atoms with Gasteiger partial charge in [-0.15, -0.1) is 0 Å². The van der Waals surface area contributed by atoms with Gasteiger partial charge in [0, 0.05) is 24.9 Å². The van der Waals surface area contributed by atoms with Crippen LogP contribution in [0.5, 0.6) is 0 Å². The molecule has 1 atom stereocenters. The zero-order valence-electron chi connectivity index (χ0n) is 17.0. The van der Waals surface area contributed by atoms with E-state index < -0.39 is 0 Å². The summed E-state index contributed by atoms with van der Waals surface area (Å²) in [4.78, 5) is 34.4. The molecule has 0 spiro atoms. The third-order valence-corrected chi connectivity index (χ3v) is 5.02. The summed E-state index contributed by atoms with van der Waals surface area (Å²) in [6, 6.07) is 5.87. The Labute approximate surface area is 165 Å². The van der Waals surface area contributed by atoms with Crippen molar-refractivity contribution in [1.82, 2.24) is 14.9 Å². The summed E-state index contributed by atoms with van der Waals surface area (Å²) in [7, 11) is 0. The van der Waals surface area contributed by atoms with Crippen LogP contribution in [0.1, 0.15) is 51.8 Å². The topological polar surface area (TPSA) is 66.1 Å². The Morgan fingerprint density at radius 2 is 1.96 bits per heavy atom. The Bertz CT molecular complexity index is 913. The van der Waals surface area contributed by atoms with Crippen molar-refractivity contribution < 1.29 is 9.18 Å². The zero-order valence-corrected chi connectivity index (χ0v) is 17.0. The van der Waals surface area contributed by atoms with Crippen LogP contribution in [0.2, 0.25) is 0 Å². The van der Waals surface area contributed by atoms with Gasteiger partial charge < -0.3 is 9.88 Å². The van der Waals surface area contributed by atoms with Crippen LogP contribution in [0.25, 0.3) is 11.4 Å². The molecule has 0 saturated heterocycles. The molecule has 0 fully saturated rings. The molecule has 6 heteroatoms. The summed E-state index contributed by atoms with van der Waals surface area (Å²) in [5.74, 6) is 0.483. The van der Waals surface area contributed by atoms with Crippen molar-refractivity contribution in [3.63, 3.8) is 0 Å². The highest BCUT2D eigenvalue weighted by Crippen LogP contribution is 2.27. The number of aromatic amines is 1. The first-order chi connectivity index (χ1) is 13.1. The number of nitrogens with one attached hydrogen (secondary N) is 1. The van der Waals surface area contributed by atoms with Gasteiger partial charge in [-0.1, -0.05) is 27.7 Å². The second-order valence-electron chi connectivity index (χ2n) is 8.99. The van der Waals surface area contributed by atoms with Gasteiger partial charge in [0.2, 0.25) is 5.91 Å². The molecular weight excluding hydrogens is 357 g/mol. The van der Waals surface area contributed by atoms with Crippen molar-refractivity contribution in [2.75, 3.05) is 6.54 Å². The molecule has 1 N–H and O–H groups in total. The molecule has 0 bridgehead atoms. The van der Waals surface area contributed by atoms with E-state index in [2.05, 4.69) is 37.7 Å². The minimum absolute atomic E-state index is 0.0874. The quantitative estimate of drug-likeness (QED) is 0.867. The number of halogens is 1. The van der Waals surface area contributed by atoms with Gasteiger partial charge in [-0.05, 0) is 42.0 Å². The van der Waals surface area contributed by atoms with Crippen molar-refractivity contribution in [1.29, 1.82) is 0 Å². The highest BCUT2D eigenvalue weighted by Gasteiger charge is 2.26. The van der Waals surface area contributed by atoms with Crippen LogP contribution in [0.3, 0.4) is 0 Å². The maximum absolute atomic E-state index is 13.1. The van der Waals surface area contributed by atoms with Crippen LogP contribution in [0, 0.1) is 17.2 Å². The summed E-state index contributed by atoms with van der Waals surface area (Å²) in [6.45, 7) is 9.49. The normalized spacial score (nSPS) is 15.2. The number of rotatable bonds is 4. The summed E-state index contributed by atoms with van der Waals surface area (Å²) in [5, 5.41) is 0. The van der Waals surface area contributed by atoms with Crippen molar-refractivity contribution >= 4 is 5.91 Å². The van der Waals surface area contributed by atoms with E-state index in [1.165, 1.54) is 12.1 Å². The number of H-pyrrole nitrogens is 1. The second-order valence-corrected chi connectivity index (χ2v) is 8.99. The van der Waals surface area contributed by atoms with E-state index in [1.807, 2.05) is 0 Å². The molecule has 1 unspecified atom stereocenters. The number of hydrogen-bond donors (Lipinski definition) is 1. The predicted molar refractivity (Wildman–Crippen MR) is 107 cm³/mol. The molecule has 5 nitrogen and oxygen atoms in total. The molecule has 1 aliphatic heterocycles. The van der Waals surface area contributed by atoms with E-state index in [-0.39, 0.29) is 22.7 Å². The van der Waals surface area contributed by atoms with E-state index in [1.54, 1.807) is 17.0 Å². The smallest absolute Gasteiger partial charge is 0.256 e. The molecule has 2 aromatic rings. The van der Waals surface area contributed by atoms with E-state index in [0.717, 1.165) is 12.1 Å². The molecule has 0 aliphatic carbocycles. The minimum Gasteiger partial charge on any atom is -0.338 e. The second kappa shape index (κ2) is 7.86. The standard InChI is InChI=1S/C22H28FN3O2/c1-14(12-22(2,3)4)11-19(27)26-10-9-18-17(13-26)21(28)25-20(24-18)15-5-7-16(23)8-6-15/h5-8,14H,9-13H2,1-4H3,(H,24,25,28). The highest BCUT2D eigenvalue weighted by atomic mass is 19.1. The third kappa shape index (κ3) is 4.86. The fourth-order valence-corrected chi connectivity index (χ4v) is 3.93. The van der Waals surface area contributed by atoms with Crippen LogP contribution >= 0.6 is 0 Å². The van der Waals surface area contributed by atoms with Crippen LogP contribution in [-0.2, 0) is 17.8 Å². The Kier molecular flexibility index (Phi) is 5.68. The fourth-order valence-electron chi connectivity index (χ4n) is 3.93. The van der Waals surface area contributed by atoms with Gasteiger partial charge in [-0.2, -0.15) is 0 Å². The Balaban J connectivity index is 1.74. The van der Waals surface area contributed by atoms with E-state index in [4.69, 9.17) is 0 Å². The van der Waals surface area contributed by atoms with E-state index in [9.17, 15) is 14.0 Å². The first kappa shape index (κ1) is 20.2. The maximum Gasteiger partial charge on any atom is 0.256 e. The molecular formula is C22H28FN3O2. The monoisotopic (exact) mass is 385 g/mol. The van der Waals surface area contributed by atoms with Crippen molar-refractivity contribution in [2.45, 2.75) is 53.5 Å². The number of fused-ring (bicyclic) bond motifs is 1. The number of carbonyl (C=O) groups excluding carboxylic acids is 1. The molecule has 0 radical (unpaired) electrons. The Morgan fingerprint density at radius 3 is 2.61 bits per heavy atom. The molecule has 28 heavy (non-hydrogen) atoms. The number of benzene rings is 1. The minimum atomic E-state index is -0.334. The molecule has 1 amide bonds. The van der Waals surface area contributed by atoms with Gasteiger partial charge in [0.15, 0.2) is 0 Å². The van der Waals surface area contributed by atoms with Crippen molar-refractivity contribution in [2.24, 2.45) is 11.3 Å².